The Hall–Kier alpha value is -2.61. The molecule has 0 spiro atoms. The highest BCUT2D eigenvalue weighted by Crippen LogP contribution is 2.22. The van der Waals surface area contributed by atoms with Crippen LogP contribution in [0.15, 0.2) is 53.9 Å². The molecule has 1 unspecified atom stereocenters. The lowest BCUT2D eigenvalue weighted by Crippen LogP contribution is -2.34. The van der Waals surface area contributed by atoms with Crippen LogP contribution in [-0.4, -0.2) is 43.5 Å². The van der Waals surface area contributed by atoms with Gasteiger partial charge < -0.3 is 19.7 Å². The molecule has 0 saturated carbocycles. The Morgan fingerprint density at radius 1 is 1.20 bits per heavy atom. The van der Waals surface area contributed by atoms with Crippen LogP contribution in [0.25, 0.3) is 0 Å². The zero-order chi connectivity index (χ0) is 21.5. The number of carbonyl (C=O) groups excluding carboxylic acids is 1. The van der Waals surface area contributed by atoms with Crippen molar-refractivity contribution in [1.29, 1.82) is 0 Å². The highest BCUT2D eigenvalue weighted by Gasteiger charge is 2.18. The first-order valence-electron chi connectivity index (χ1n) is 9.37. The number of hydrogen-bond acceptors (Lipinski definition) is 6. The van der Waals surface area contributed by atoms with Crippen molar-refractivity contribution < 1.29 is 14.3 Å². The zero-order valence-corrected chi connectivity index (χ0v) is 18.7. The summed E-state index contributed by atoms with van der Waals surface area (Å²) in [5.41, 5.74) is 1.45. The second kappa shape index (κ2) is 10.4. The normalized spacial score (nSPS) is 11.9. The molecule has 3 rings (SSSR count). The predicted octanol–water partition coefficient (Wildman–Crippen LogP) is 4.42. The first-order chi connectivity index (χ1) is 14.5. The van der Waals surface area contributed by atoms with Crippen LogP contribution < -0.4 is 14.8 Å². The SMILES string of the molecule is COc1cccc(C(CNC(=O)c2csc(COc3ccc(Cl)cc3)n2)N(C)C)c1. The number of nitrogens with one attached hydrogen (secondary N) is 1. The lowest BCUT2D eigenvalue weighted by molar-refractivity contribution is 0.0937. The number of hydrogen-bond donors (Lipinski definition) is 1. The van der Waals surface area contributed by atoms with E-state index in [1.54, 1.807) is 36.8 Å². The fourth-order valence-corrected chi connectivity index (χ4v) is 3.70. The molecule has 1 atom stereocenters. The monoisotopic (exact) mass is 445 g/mol. The Kier molecular flexibility index (Phi) is 7.68. The Balaban J connectivity index is 1.57. The number of nitrogens with zero attached hydrogens (tertiary/aromatic N) is 2. The standard InChI is InChI=1S/C22H24ClN3O3S/c1-26(2)20(15-5-4-6-18(11-15)28-3)12-24-22(27)19-14-30-21(25-19)13-29-17-9-7-16(23)8-10-17/h4-11,14,20H,12-13H2,1-3H3,(H,24,27). The predicted molar refractivity (Wildman–Crippen MR) is 120 cm³/mol. The molecule has 0 radical (unpaired) electrons. The number of likely N-dealkylation sites (N-methyl/N-ethyl adjacent to an activating group) is 1. The summed E-state index contributed by atoms with van der Waals surface area (Å²) < 4.78 is 11.0. The van der Waals surface area contributed by atoms with Gasteiger partial charge in [-0.15, -0.1) is 11.3 Å². The van der Waals surface area contributed by atoms with Gasteiger partial charge in [0, 0.05) is 16.9 Å². The minimum Gasteiger partial charge on any atom is -0.497 e. The highest BCUT2D eigenvalue weighted by atomic mass is 35.5. The van der Waals surface area contributed by atoms with Gasteiger partial charge >= 0.3 is 0 Å². The maximum Gasteiger partial charge on any atom is 0.270 e. The minimum atomic E-state index is -0.210. The van der Waals surface area contributed by atoms with Crippen molar-refractivity contribution in [3.8, 4) is 11.5 Å². The average Bonchev–Trinajstić information content (AvgIpc) is 3.22. The van der Waals surface area contributed by atoms with Gasteiger partial charge in [0.1, 0.15) is 28.8 Å². The van der Waals surface area contributed by atoms with Gasteiger partial charge in [-0.25, -0.2) is 4.98 Å². The molecule has 1 amide bonds. The van der Waals surface area contributed by atoms with Gasteiger partial charge in [0.05, 0.1) is 13.2 Å². The van der Waals surface area contributed by atoms with E-state index in [2.05, 4.69) is 15.2 Å². The lowest BCUT2D eigenvalue weighted by atomic mass is 10.1. The molecule has 2 aromatic carbocycles. The summed E-state index contributed by atoms with van der Waals surface area (Å²) in [6.45, 7) is 0.747. The Morgan fingerprint density at radius 3 is 2.67 bits per heavy atom. The summed E-state index contributed by atoms with van der Waals surface area (Å²) in [7, 11) is 5.60. The summed E-state index contributed by atoms with van der Waals surface area (Å²) in [5, 5.41) is 6.10. The summed E-state index contributed by atoms with van der Waals surface area (Å²) >= 11 is 7.27. The number of carbonyl (C=O) groups is 1. The molecule has 30 heavy (non-hydrogen) atoms. The number of ether oxygens (including phenoxy) is 2. The molecule has 0 aliphatic carbocycles. The fraction of sp³-hybridized carbons (Fsp3) is 0.273. The molecule has 1 heterocycles. The molecule has 0 aliphatic heterocycles. The molecule has 3 aromatic rings. The first kappa shape index (κ1) is 22.1. The van der Waals surface area contributed by atoms with Crippen molar-refractivity contribution in [2.24, 2.45) is 0 Å². The van der Waals surface area contributed by atoms with E-state index in [1.165, 1.54) is 11.3 Å². The van der Waals surface area contributed by atoms with Crippen molar-refractivity contribution in [3.05, 3.63) is 75.2 Å². The Bertz CT molecular complexity index is 976. The lowest BCUT2D eigenvalue weighted by Gasteiger charge is -2.25. The molecule has 8 heteroatoms. The van der Waals surface area contributed by atoms with Gasteiger partial charge in [-0.05, 0) is 56.1 Å². The van der Waals surface area contributed by atoms with Gasteiger partial charge in [0.25, 0.3) is 5.91 Å². The minimum absolute atomic E-state index is 0.00962. The average molecular weight is 446 g/mol. The van der Waals surface area contributed by atoms with Gasteiger partial charge in [0.15, 0.2) is 0 Å². The molecule has 158 valence electrons. The van der Waals surface area contributed by atoms with Gasteiger partial charge in [-0.1, -0.05) is 23.7 Å². The van der Waals surface area contributed by atoms with Crippen LogP contribution in [0.2, 0.25) is 5.02 Å². The van der Waals surface area contributed by atoms with Gasteiger partial charge in [0.2, 0.25) is 0 Å². The van der Waals surface area contributed by atoms with E-state index < -0.39 is 0 Å². The summed E-state index contributed by atoms with van der Waals surface area (Å²) in [5.74, 6) is 1.28. The molecule has 0 saturated heterocycles. The van der Waals surface area contributed by atoms with Crippen LogP contribution >= 0.6 is 22.9 Å². The van der Waals surface area contributed by atoms with Crippen molar-refractivity contribution in [2.75, 3.05) is 27.7 Å². The highest BCUT2D eigenvalue weighted by molar-refractivity contribution is 7.09. The van der Waals surface area contributed by atoms with Crippen molar-refractivity contribution in [2.45, 2.75) is 12.6 Å². The third-order valence-corrected chi connectivity index (χ3v) is 5.59. The number of amides is 1. The van der Waals surface area contributed by atoms with Crippen molar-refractivity contribution in [3.63, 3.8) is 0 Å². The van der Waals surface area contributed by atoms with E-state index >= 15 is 0 Å². The molecular formula is C22H24ClN3O3S. The van der Waals surface area contributed by atoms with Gasteiger partial charge in [-0.3, -0.25) is 4.79 Å². The first-order valence-corrected chi connectivity index (χ1v) is 10.6. The number of benzene rings is 2. The molecule has 0 fully saturated rings. The molecule has 6 nitrogen and oxygen atoms in total. The number of thiazole rings is 1. The molecule has 0 aliphatic rings. The van der Waals surface area contributed by atoms with E-state index in [4.69, 9.17) is 21.1 Å². The number of aromatic nitrogens is 1. The second-order valence-electron chi connectivity index (χ2n) is 6.84. The fourth-order valence-electron chi connectivity index (χ4n) is 2.88. The topological polar surface area (TPSA) is 63.7 Å². The van der Waals surface area contributed by atoms with Crippen LogP contribution in [0.5, 0.6) is 11.5 Å². The number of halogens is 1. The maximum absolute atomic E-state index is 12.6. The van der Waals surface area contributed by atoms with E-state index in [1.807, 2.05) is 38.4 Å². The maximum atomic E-state index is 12.6. The van der Waals surface area contributed by atoms with Crippen molar-refractivity contribution in [1.82, 2.24) is 15.2 Å². The third-order valence-electron chi connectivity index (χ3n) is 4.52. The zero-order valence-electron chi connectivity index (χ0n) is 17.1. The Morgan fingerprint density at radius 2 is 1.97 bits per heavy atom. The van der Waals surface area contributed by atoms with Crippen LogP contribution in [0.4, 0.5) is 0 Å². The summed E-state index contributed by atoms with van der Waals surface area (Å²) in [6, 6.07) is 15.0. The molecule has 1 N–H and O–H groups in total. The molecular weight excluding hydrogens is 422 g/mol. The van der Waals surface area contributed by atoms with E-state index in [0.717, 1.165) is 16.3 Å². The smallest absolute Gasteiger partial charge is 0.270 e. The van der Waals surface area contributed by atoms with Crippen molar-refractivity contribution >= 4 is 28.8 Å². The summed E-state index contributed by atoms with van der Waals surface area (Å²) in [4.78, 5) is 19.0. The molecule has 1 aromatic heterocycles. The van der Waals surface area contributed by atoms with E-state index in [0.29, 0.717) is 29.6 Å². The van der Waals surface area contributed by atoms with Crippen LogP contribution in [0.3, 0.4) is 0 Å². The third kappa shape index (κ3) is 5.95. The number of rotatable bonds is 9. The quantitative estimate of drug-likeness (QED) is 0.528. The largest absolute Gasteiger partial charge is 0.497 e. The van der Waals surface area contributed by atoms with Crippen LogP contribution in [0.1, 0.15) is 27.1 Å². The van der Waals surface area contributed by atoms with Gasteiger partial charge in [-0.2, -0.15) is 0 Å². The number of methoxy groups -OCH3 is 1. The second-order valence-corrected chi connectivity index (χ2v) is 8.21. The Labute approximate surface area is 185 Å². The van der Waals surface area contributed by atoms with Crippen LogP contribution in [0, 0.1) is 0 Å². The van der Waals surface area contributed by atoms with E-state index in [9.17, 15) is 4.79 Å². The van der Waals surface area contributed by atoms with Crippen LogP contribution in [-0.2, 0) is 6.61 Å². The molecule has 0 bridgehead atoms. The summed E-state index contributed by atoms with van der Waals surface area (Å²) in [6.07, 6.45) is 0. The van der Waals surface area contributed by atoms with E-state index in [-0.39, 0.29) is 11.9 Å².